The van der Waals surface area contributed by atoms with E-state index in [0.717, 1.165) is 30.1 Å². The SMILES string of the molecule is CN=C(NCCN(C)C(C)C)N(C)Cc1ccc(Br)cc1. The molecule has 0 amide bonds. The molecule has 21 heavy (non-hydrogen) atoms. The van der Waals surface area contributed by atoms with Crippen molar-refractivity contribution in [2.24, 2.45) is 4.99 Å². The highest BCUT2D eigenvalue weighted by atomic mass is 79.9. The van der Waals surface area contributed by atoms with Gasteiger partial charge in [0.05, 0.1) is 0 Å². The van der Waals surface area contributed by atoms with Crippen molar-refractivity contribution >= 4 is 21.9 Å². The Labute approximate surface area is 137 Å². The first kappa shape index (κ1) is 18.0. The van der Waals surface area contributed by atoms with Gasteiger partial charge in [0.2, 0.25) is 0 Å². The van der Waals surface area contributed by atoms with Gasteiger partial charge in [0.1, 0.15) is 0 Å². The number of halogens is 1. The maximum Gasteiger partial charge on any atom is 0.193 e. The lowest BCUT2D eigenvalue weighted by molar-refractivity contribution is 0.277. The summed E-state index contributed by atoms with van der Waals surface area (Å²) in [6.45, 7) is 7.14. The van der Waals surface area contributed by atoms with Crippen LogP contribution in [0.25, 0.3) is 0 Å². The van der Waals surface area contributed by atoms with Crippen LogP contribution >= 0.6 is 15.9 Å². The number of aliphatic imine (C=N–C) groups is 1. The predicted octanol–water partition coefficient (Wildman–Crippen LogP) is 2.80. The topological polar surface area (TPSA) is 30.9 Å². The molecule has 0 aliphatic rings. The van der Waals surface area contributed by atoms with Crippen LogP contribution in [0.2, 0.25) is 0 Å². The number of hydrogen-bond acceptors (Lipinski definition) is 2. The zero-order chi connectivity index (χ0) is 15.8. The van der Waals surface area contributed by atoms with Crippen LogP contribution in [0.3, 0.4) is 0 Å². The summed E-state index contributed by atoms with van der Waals surface area (Å²) in [5.41, 5.74) is 1.27. The van der Waals surface area contributed by atoms with Crippen molar-refractivity contribution in [3.05, 3.63) is 34.3 Å². The Balaban J connectivity index is 2.46. The van der Waals surface area contributed by atoms with Gasteiger partial charge >= 0.3 is 0 Å². The highest BCUT2D eigenvalue weighted by molar-refractivity contribution is 9.10. The summed E-state index contributed by atoms with van der Waals surface area (Å²) in [5.74, 6) is 0.926. The second-order valence-electron chi connectivity index (χ2n) is 5.53. The van der Waals surface area contributed by atoms with Crippen molar-refractivity contribution in [1.82, 2.24) is 15.1 Å². The number of nitrogens with zero attached hydrogens (tertiary/aromatic N) is 3. The van der Waals surface area contributed by atoms with Crippen molar-refractivity contribution in [1.29, 1.82) is 0 Å². The third-order valence-corrected chi connectivity index (χ3v) is 4.06. The molecule has 0 unspecified atom stereocenters. The standard InChI is InChI=1S/C16H27BrN4/c1-13(2)20(4)11-10-19-16(18-3)21(5)12-14-6-8-15(17)9-7-14/h6-9,13H,10-12H2,1-5H3,(H,18,19). The van der Waals surface area contributed by atoms with E-state index < -0.39 is 0 Å². The van der Waals surface area contributed by atoms with Crippen molar-refractivity contribution in [2.45, 2.75) is 26.4 Å². The Morgan fingerprint density at radius 1 is 1.24 bits per heavy atom. The maximum absolute atomic E-state index is 4.35. The first-order valence-corrected chi connectivity index (χ1v) is 8.09. The van der Waals surface area contributed by atoms with E-state index in [2.05, 4.69) is 88.2 Å². The Kier molecular flexibility index (Phi) is 7.75. The zero-order valence-corrected chi connectivity index (χ0v) is 15.3. The summed E-state index contributed by atoms with van der Waals surface area (Å²) in [6, 6.07) is 8.95. The van der Waals surface area contributed by atoms with E-state index in [-0.39, 0.29) is 0 Å². The van der Waals surface area contributed by atoms with Gasteiger partial charge in [0, 0.05) is 44.2 Å². The van der Waals surface area contributed by atoms with Crippen molar-refractivity contribution in [3.8, 4) is 0 Å². The molecule has 5 heteroatoms. The molecule has 1 aromatic carbocycles. The Morgan fingerprint density at radius 2 is 1.86 bits per heavy atom. The molecule has 0 spiro atoms. The number of nitrogens with one attached hydrogen (secondary N) is 1. The van der Waals surface area contributed by atoms with Crippen LogP contribution in [-0.2, 0) is 6.54 Å². The molecule has 0 bridgehead atoms. The van der Waals surface area contributed by atoms with Gasteiger partial charge in [-0.15, -0.1) is 0 Å². The Bertz CT molecular complexity index is 442. The number of guanidine groups is 1. The van der Waals surface area contributed by atoms with Crippen LogP contribution in [0.5, 0.6) is 0 Å². The number of benzene rings is 1. The third-order valence-electron chi connectivity index (χ3n) is 3.54. The minimum Gasteiger partial charge on any atom is -0.355 e. The smallest absolute Gasteiger partial charge is 0.193 e. The molecule has 0 saturated heterocycles. The zero-order valence-electron chi connectivity index (χ0n) is 13.7. The second-order valence-corrected chi connectivity index (χ2v) is 6.45. The quantitative estimate of drug-likeness (QED) is 0.629. The Morgan fingerprint density at radius 3 is 2.38 bits per heavy atom. The molecule has 0 fully saturated rings. The van der Waals surface area contributed by atoms with Crippen molar-refractivity contribution in [3.63, 3.8) is 0 Å². The molecule has 0 heterocycles. The van der Waals surface area contributed by atoms with Gasteiger partial charge in [-0.2, -0.15) is 0 Å². The normalized spacial score (nSPS) is 12.1. The lowest BCUT2D eigenvalue weighted by Gasteiger charge is -2.25. The van der Waals surface area contributed by atoms with E-state index in [1.165, 1.54) is 5.56 Å². The highest BCUT2D eigenvalue weighted by Crippen LogP contribution is 2.11. The fourth-order valence-electron chi connectivity index (χ4n) is 1.93. The molecule has 1 aromatic rings. The van der Waals surface area contributed by atoms with Crippen LogP contribution < -0.4 is 5.32 Å². The largest absolute Gasteiger partial charge is 0.355 e. The molecule has 1 rings (SSSR count). The second kappa shape index (κ2) is 9.05. The fraction of sp³-hybridized carbons (Fsp3) is 0.562. The summed E-state index contributed by atoms with van der Waals surface area (Å²) in [7, 11) is 6.02. The van der Waals surface area contributed by atoms with E-state index in [9.17, 15) is 0 Å². The fourth-order valence-corrected chi connectivity index (χ4v) is 2.19. The predicted molar refractivity (Wildman–Crippen MR) is 94.7 cm³/mol. The van der Waals surface area contributed by atoms with Gasteiger partial charge in [-0.25, -0.2) is 0 Å². The molecule has 1 N–H and O–H groups in total. The molecule has 0 aromatic heterocycles. The van der Waals surface area contributed by atoms with Crippen LogP contribution in [0, 0.1) is 0 Å². The van der Waals surface area contributed by atoms with E-state index >= 15 is 0 Å². The monoisotopic (exact) mass is 354 g/mol. The molecule has 0 aliphatic heterocycles. The van der Waals surface area contributed by atoms with Crippen LogP contribution in [-0.4, -0.2) is 56.0 Å². The summed E-state index contributed by atoms with van der Waals surface area (Å²) in [5, 5.41) is 3.41. The summed E-state index contributed by atoms with van der Waals surface area (Å²) >= 11 is 3.46. The molecule has 0 radical (unpaired) electrons. The molecule has 0 aliphatic carbocycles. The average Bonchev–Trinajstić information content (AvgIpc) is 2.45. The maximum atomic E-state index is 4.35. The molecule has 0 saturated carbocycles. The highest BCUT2D eigenvalue weighted by Gasteiger charge is 2.07. The number of hydrogen-bond donors (Lipinski definition) is 1. The van der Waals surface area contributed by atoms with Gasteiger partial charge in [-0.3, -0.25) is 4.99 Å². The summed E-state index contributed by atoms with van der Waals surface area (Å²) in [6.07, 6.45) is 0. The van der Waals surface area contributed by atoms with Crippen LogP contribution in [0.1, 0.15) is 19.4 Å². The summed E-state index contributed by atoms with van der Waals surface area (Å²) < 4.78 is 1.10. The van der Waals surface area contributed by atoms with E-state index in [1.807, 2.05) is 7.05 Å². The number of rotatable bonds is 6. The minimum absolute atomic E-state index is 0.564. The molecule has 4 nitrogen and oxygen atoms in total. The number of likely N-dealkylation sites (N-methyl/N-ethyl adjacent to an activating group) is 1. The van der Waals surface area contributed by atoms with Crippen molar-refractivity contribution < 1.29 is 0 Å². The van der Waals surface area contributed by atoms with E-state index in [4.69, 9.17) is 0 Å². The minimum atomic E-state index is 0.564. The first-order valence-electron chi connectivity index (χ1n) is 7.30. The van der Waals surface area contributed by atoms with Gasteiger partial charge in [0.25, 0.3) is 0 Å². The van der Waals surface area contributed by atoms with Crippen LogP contribution in [0.15, 0.2) is 33.7 Å². The van der Waals surface area contributed by atoms with Gasteiger partial charge in [-0.05, 0) is 38.6 Å². The molecule has 118 valence electrons. The van der Waals surface area contributed by atoms with Gasteiger partial charge < -0.3 is 15.1 Å². The lowest BCUT2D eigenvalue weighted by Crippen LogP contribution is -2.42. The average molecular weight is 355 g/mol. The van der Waals surface area contributed by atoms with Crippen LogP contribution in [0.4, 0.5) is 0 Å². The Hall–Kier alpha value is -1.07. The van der Waals surface area contributed by atoms with Crippen molar-refractivity contribution in [2.75, 3.05) is 34.2 Å². The third kappa shape index (κ3) is 6.48. The summed E-state index contributed by atoms with van der Waals surface area (Å²) in [4.78, 5) is 8.80. The lowest BCUT2D eigenvalue weighted by atomic mass is 10.2. The first-order chi connectivity index (χ1) is 9.93. The van der Waals surface area contributed by atoms with E-state index in [0.29, 0.717) is 6.04 Å². The van der Waals surface area contributed by atoms with Gasteiger partial charge in [0.15, 0.2) is 5.96 Å². The van der Waals surface area contributed by atoms with E-state index in [1.54, 1.807) is 0 Å². The molecule has 0 atom stereocenters. The van der Waals surface area contributed by atoms with Gasteiger partial charge in [-0.1, -0.05) is 28.1 Å². The molecular formula is C16H27BrN4. The molecular weight excluding hydrogens is 328 g/mol.